The fourth-order valence-electron chi connectivity index (χ4n) is 1.85. The largest absolute Gasteiger partial charge is 0.347 e. The predicted molar refractivity (Wildman–Crippen MR) is 65.5 cm³/mol. The molecule has 0 unspecified atom stereocenters. The molecule has 0 aliphatic heterocycles. The molecular weight excluding hydrogens is 218 g/mol. The summed E-state index contributed by atoms with van der Waals surface area (Å²) in [5, 5.41) is 0.524. The van der Waals surface area contributed by atoms with E-state index in [0.29, 0.717) is 11.9 Å². The number of aryl methyl sites for hydroxylation is 1. The van der Waals surface area contributed by atoms with E-state index in [1.807, 2.05) is 29.0 Å². The molecule has 0 spiro atoms. The number of aromatic nitrogens is 1. The van der Waals surface area contributed by atoms with Gasteiger partial charge in [-0.2, -0.15) is 0 Å². The van der Waals surface area contributed by atoms with Crippen molar-refractivity contribution >= 4 is 16.8 Å². The van der Waals surface area contributed by atoms with Gasteiger partial charge in [-0.3, -0.25) is 15.0 Å². The zero-order valence-electron chi connectivity index (χ0n) is 9.43. The standard InChI is InChI=1S/C12H13N3O2/c1-2-15-7-9(12(17)14-13)11(16)8-5-3-4-6-10(8)15/h3-7H,2,13H2,1H3,(H,14,17). The maximum absolute atomic E-state index is 12.1. The molecule has 3 N–H and O–H groups in total. The Bertz CT molecular complexity index is 631. The van der Waals surface area contributed by atoms with Gasteiger partial charge in [0.2, 0.25) is 5.43 Å². The molecule has 0 saturated carbocycles. The zero-order chi connectivity index (χ0) is 12.4. The number of para-hydroxylation sites is 1. The third-order valence-corrected chi connectivity index (χ3v) is 2.70. The van der Waals surface area contributed by atoms with Gasteiger partial charge >= 0.3 is 0 Å². The van der Waals surface area contributed by atoms with Crippen LogP contribution in [0.25, 0.3) is 10.9 Å². The molecule has 1 aromatic heterocycles. The van der Waals surface area contributed by atoms with Crippen LogP contribution < -0.4 is 16.7 Å². The van der Waals surface area contributed by atoms with Crippen LogP contribution in [-0.2, 0) is 6.54 Å². The lowest BCUT2D eigenvalue weighted by atomic mass is 10.1. The quantitative estimate of drug-likeness (QED) is 0.452. The fourth-order valence-corrected chi connectivity index (χ4v) is 1.85. The van der Waals surface area contributed by atoms with Crippen molar-refractivity contribution in [2.24, 2.45) is 5.84 Å². The van der Waals surface area contributed by atoms with E-state index in [4.69, 9.17) is 5.84 Å². The molecule has 5 heteroatoms. The second-order valence-electron chi connectivity index (χ2n) is 3.65. The first-order chi connectivity index (χ1) is 8.19. The number of nitrogen functional groups attached to an aromatic ring is 1. The minimum Gasteiger partial charge on any atom is -0.347 e. The normalized spacial score (nSPS) is 10.5. The monoisotopic (exact) mass is 231 g/mol. The van der Waals surface area contributed by atoms with Crippen LogP contribution in [0.2, 0.25) is 0 Å². The van der Waals surface area contributed by atoms with Crippen LogP contribution in [0.1, 0.15) is 17.3 Å². The summed E-state index contributed by atoms with van der Waals surface area (Å²) in [5.41, 5.74) is 2.56. The Kier molecular flexibility index (Phi) is 2.93. The molecule has 0 saturated heterocycles. The van der Waals surface area contributed by atoms with Crippen molar-refractivity contribution < 1.29 is 4.79 Å². The molecule has 2 rings (SSSR count). The van der Waals surface area contributed by atoms with Crippen molar-refractivity contribution in [3.63, 3.8) is 0 Å². The van der Waals surface area contributed by atoms with Gasteiger partial charge in [0.1, 0.15) is 5.56 Å². The number of nitrogens with zero attached hydrogens (tertiary/aromatic N) is 1. The van der Waals surface area contributed by atoms with Crippen LogP contribution in [0.15, 0.2) is 35.3 Å². The zero-order valence-corrected chi connectivity index (χ0v) is 9.43. The van der Waals surface area contributed by atoms with Gasteiger partial charge in [0, 0.05) is 18.1 Å². The molecule has 1 aromatic carbocycles. The number of hydrazine groups is 1. The number of carbonyl (C=O) groups is 1. The maximum atomic E-state index is 12.1. The van der Waals surface area contributed by atoms with Gasteiger partial charge < -0.3 is 4.57 Å². The number of hydrogen-bond acceptors (Lipinski definition) is 3. The van der Waals surface area contributed by atoms with E-state index < -0.39 is 5.91 Å². The first kappa shape index (κ1) is 11.3. The topological polar surface area (TPSA) is 77.1 Å². The summed E-state index contributed by atoms with van der Waals surface area (Å²) in [6.07, 6.45) is 1.53. The van der Waals surface area contributed by atoms with Gasteiger partial charge in [-0.15, -0.1) is 0 Å². The van der Waals surface area contributed by atoms with E-state index in [2.05, 4.69) is 0 Å². The number of amides is 1. The molecule has 0 atom stereocenters. The average Bonchev–Trinajstić information content (AvgIpc) is 2.39. The van der Waals surface area contributed by atoms with Gasteiger partial charge in [-0.25, -0.2) is 5.84 Å². The number of carbonyl (C=O) groups excluding carboxylic acids is 1. The minimum atomic E-state index is -0.567. The second-order valence-corrected chi connectivity index (χ2v) is 3.65. The summed E-state index contributed by atoms with van der Waals surface area (Å²) < 4.78 is 1.85. The lowest BCUT2D eigenvalue weighted by Crippen LogP contribution is -2.34. The lowest BCUT2D eigenvalue weighted by molar-refractivity contribution is 0.0952. The molecule has 88 valence electrons. The maximum Gasteiger partial charge on any atom is 0.270 e. The smallest absolute Gasteiger partial charge is 0.270 e. The summed E-state index contributed by atoms with van der Waals surface area (Å²) >= 11 is 0. The fraction of sp³-hybridized carbons (Fsp3) is 0.167. The number of nitrogens with one attached hydrogen (secondary N) is 1. The van der Waals surface area contributed by atoms with Crippen molar-refractivity contribution in [1.29, 1.82) is 0 Å². The Morgan fingerprint density at radius 2 is 2.12 bits per heavy atom. The highest BCUT2D eigenvalue weighted by Crippen LogP contribution is 2.11. The molecule has 2 aromatic rings. The van der Waals surface area contributed by atoms with Crippen molar-refractivity contribution in [3.8, 4) is 0 Å². The van der Waals surface area contributed by atoms with E-state index in [1.54, 1.807) is 12.1 Å². The van der Waals surface area contributed by atoms with Crippen molar-refractivity contribution in [1.82, 2.24) is 9.99 Å². The number of pyridine rings is 1. The highest BCUT2D eigenvalue weighted by Gasteiger charge is 2.13. The Labute approximate surface area is 97.8 Å². The van der Waals surface area contributed by atoms with Crippen LogP contribution in [0.3, 0.4) is 0 Å². The van der Waals surface area contributed by atoms with Crippen molar-refractivity contribution in [2.75, 3.05) is 0 Å². The molecule has 0 aliphatic rings. The number of nitrogens with two attached hydrogens (primary N) is 1. The summed E-state index contributed by atoms with van der Waals surface area (Å²) in [6.45, 7) is 2.62. The number of rotatable bonds is 2. The molecule has 1 amide bonds. The summed E-state index contributed by atoms with van der Waals surface area (Å²) in [7, 11) is 0. The Morgan fingerprint density at radius 3 is 2.76 bits per heavy atom. The highest BCUT2D eigenvalue weighted by molar-refractivity contribution is 5.96. The van der Waals surface area contributed by atoms with E-state index in [0.717, 1.165) is 5.52 Å². The van der Waals surface area contributed by atoms with Crippen LogP contribution >= 0.6 is 0 Å². The molecule has 1 heterocycles. The number of benzene rings is 1. The van der Waals surface area contributed by atoms with Gasteiger partial charge in [0.25, 0.3) is 5.91 Å². The van der Waals surface area contributed by atoms with Crippen molar-refractivity contribution in [3.05, 3.63) is 46.2 Å². The van der Waals surface area contributed by atoms with Gasteiger partial charge in [0.15, 0.2) is 0 Å². The summed E-state index contributed by atoms with van der Waals surface area (Å²) in [4.78, 5) is 23.6. The van der Waals surface area contributed by atoms with Gasteiger partial charge in [0.05, 0.1) is 5.52 Å². The van der Waals surface area contributed by atoms with Crippen LogP contribution in [0, 0.1) is 0 Å². The lowest BCUT2D eigenvalue weighted by Gasteiger charge is -2.10. The van der Waals surface area contributed by atoms with Crippen molar-refractivity contribution in [2.45, 2.75) is 13.5 Å². The molecule has 0 fully saturated rings. The summed E-state index contributed by atoms with van der Waals surface area (Å²) in [5.74, 6) is 4.49. The average molecular weight is 231 g/mol. The molecule has 0 aliphatic carbocycles. The van der Waals surface area contributed by atoms with Crippen LogP contribution in [-0.4, -0.2) is 10.5 Å². The highest BCUT2D eigenvalue weighted by atomic mass is 16.2. The third kappa shape index (κ3) is 1.81. The Balaban J connectivity index is 2.85. The number of hydrogen-bond donors (Lipinski definition) is 2. The second kappa shape index (κ2) is 4.39. The van der Waals surface area contributed by atoms with Gasteiger partial charge in [-0.05, 0) is 19.1 Å². The number of fused-ring (bicyclic) bond motifs is 1. The SMILES string of the molecule is CCn1cc(C(=O)NN)c(=O)c2ccccc21. The van der Waals surface area contributed by atoms with E-state index in [9.17, 15) is 9.59 Å². The Hall–Kier alpha value is -2.14. The first-order valence-corrected chi connectivity index (χ1v) is 5.32. The third-order valence-electron chi connectivity index (χ3n) is 2.70. The van der Waals surface area contributed by atoms with Crippen LogP contribution in [0.5, 0.6) is 0 Å². The van der Waals surface area contributed by atoms with Crippen LogP contribution in [0.4, 0.5) is 0 Å². The molecule has 0 bridgehead atoms. The molecule has 5 nitrogen and oxygen atoms in total. The predicted octanol–water partition coefficient (Wildman–Crippen LogP) is 0.625. The molecule has 0 radical (unpaired) electrons. The first-order valence-electron chi connectivity index (χ1n) is 5.32. The van der Waals surface area contributed by atoms with E-state index in [-0.39, 0.29) is 11.0 Å². The van der Waals surface area contributed by atoms with E-state index >= 15 is 0 Å². The molecular formula is C12H13N3O2. The molecule has 17 heavy (non-hydrogen) atoms. The Morgan fingerprint density at radius 1 is 1.41 bits per heavy atom. The summed E-state index contributed by atoms with van der Waals surface area (Å²) in [6, 6.07) is 7.19. The minimum absolute atomic E-state index is 0.0630. The van der Waals surface area contributed by atoms with E-state index in [1.165, 1.54) is 6.20 Å². The van der Waals surface area contributed by atoms with Gasteiger partial charge in [-0.1, -0.05) is 12.1 Å².